The van der Waals surface area contributed by atoms with Gasteiger partial charge in [-0.15, -0.1) is 0 Å². The van der Waals surface area contributed by atoms with E-state index in [9.17, 15) is 9.90 Å². The first-order valence-corrected chi connectivity index (χ1v) is 7.34. The second-order valence-electron chi connectivity index (χ2n) is 5.30. The van der Waals surface area contributed by atoms with Gasteiger partial charge in [-0.1, -0.05) is 0 Å². The molecule has 2 aromatic rings. The van der Waals surface area contributed by atoms with Crippen molar-refractivity contribution in [2.24, 2.45) is 7.05 Å². The van der Waals surface area contributed by atoms with Crippen molar-refractivity contribution < 1.29 is 14.6 Å². The van der Waals surface area contributed by atoms with Gasteiger partial charge in [0.15, 0.2) is 0 Å². The zero-order valence-corrected chi connectivity index (χ0v) is 14.2. The third-order valence-electron chi connectivity index (χ3n) is 3.50. The van der Waals surface area contributed by atoms with Crippen LogP contribution in [0.3, 0.4) is 0 Å². The summed E-state index contributed by atoms with van der Waals surface area (Å²) in [6.07, 6.45) is 0.00526. The average Bonchev–Trinajstić information content (AvgIpc) is 2.62. The number of nitrogens with zero attached hydrogens (tertiary/aromatic N) is 2. The first-order chi connectivity index (χ1) is 9.85. The molecule has 1 heterocycles. The van der Waals surface area contributed by atoms with E-state index in [1.165, 1.54) is 0 Å². The number of aryl methyl sites for hydroxylation is 1. The Labute approximate surface area is 132 Å². The Kier molecular flexibility index (Phi) is 4.58. The van der Waals surface area contributed by atoms with Crippen LogP contribution in [-0.4, -0.2) is 41.7 Å². The van der Waals surface area contributed by atoms with E-state index in [4.69, 9.17) is 4.74 Å². The van der Waals surface area contributed by atoms with E-state index >= 15 is 0 Å². The monoisotopic (exact) mass is 354 g/mol. The Bertz CT molecular complexity index is 692. The lowest BCUT2D eigenvalue weighted by Crippen LogP contribution is -2.15. The van der Waals surface area contributed by atoms with Gasteiger partial charge in [0.1, 0.15) is 5.75 Å². The van der Waals surface area contributed by atoms with Crippen molar-refractivity contribution >= 4 is 32.8 Å². The fraction of sp³-hybridized carbons (Fsp3) is 0.400. The van der Waals surface area contributed by atoms with Crippen LogP contribution in [0.2, 0.25) is 0 Å². The minimum absolute atomic E-state index is 0.00526. The van der Waals surface area contributed by atoms with Gasteiger partial charge in [0, 0.05) is 30.2 Å². The van der Waals surface area contributed by atoms with Crippen molar-refractivity contribution in [3.8, 4) is 5.75 Å². The summed E-state index contributed by atoms with van der Waals surface area (Å²) >= 11 is 3.48. The van der Waals surface area contributed by atoms with Crippen molar-refractivity contribution in [3.05, 3.63) is 27.9 Å². The fourth-order valence-electron chi connectivity index (χ4n) is 2.57. The van der Waals surface area contributed by atoms with E-state index in [1.807, 2.05) is 38.2 Å². The predicted octanol–water partition coefficient (Wildman–Crippen LogP) is 2.64. The SMILES string of the molecule is COc1cc2c(CC(=O)O)c(CN(C)C)n(C)c2cc1Br. The predicted molar refractivity (Wildman–Crippen MR) is 85.9 cm³/mol. The van der Waals surface area contributed by atoms with E-state index in [2.05, 4.69) is 20.5 Å². The highest BCUT2D eigenvalue weighted by Crippen LogP contribution is 2.35. The van der Waals surface area contributed by atoms with E-state index in [1.54, 1.807) is 7.11 Å². The Morgan fingerprint density at radius 2 is 2.10 bits per heavy atom. The van der Waals surface area contributed by atoms with Crippen LogP contribution in [0.15, 0.2) is 16.6 Å². The van der Waals surface area contributed by atoms with Crippen LogP contribution in [-0.2, 0) is 24.8 Å². The summed E-state index contributed by atoms with van der Waals surface area (Å²) in [4.78, 5) is 13.3. The van der Waals surface area contributed by atoms with Gasteiger partial charge in [-0.25, -0.2) is 0 Å². The summed E-state index contributed by atoms with van der Waals surface area (Å²) in [7, 11) is 7.51. The minimum Gasteiger partial charge on any atom is -0.496 e. The number of methoxy groups -OCH3 is 1. The normalized spacial score (nSPS) is 11.3. The first-order valence-electron chi connectivity index (χ1n) is 6.55. The molecule has 0 amide bonds. The standard InChI is InChI=1S/C15H19BrN2O3/c1-17(2)8-13-10(6-15(19)20)9-5-14(21-4)11(16)7-12(9)18(13)3/h5,7H,6,8H2,1-4H3,(H,19,20). The number of hydrogen-bond donors (Lipinski definition) is 1. The summed E-state index contributed by atoms with van der Waals surface area (Å²) in [5, 5.41) is 10.1. The van der Waals surface area contributed by atoms with Crippen molar-refractivity contribution in [3.63, 3.8) is 0 Å². The molecule has 5 nitrogen and oxygen atoms in total. The number of carboxylic acids is 1. The molecule has 0 aliphatic rings. The number of carboxylic acid groups (broad SMARTS) is 1. The van der Waals surface area contributed by atoms with Gasteiger partial charge in [0.2, 0.25) is 0 Å². The molecule has 0 atom stereocenters. The number of aromatic nitrogens is 1. The molecule has 2 rings (SSSR count). The van der Waals surface area contributed by atoms with Gasteiger partial charge in [-0.3, -0.25) is 4.79 Å². The topological polar surface area (TPSA) is 54.7 Å². The molecule has 1 aromatic carbocycles. The number of aliphatic carboxylic acids is 1. The molecular formula is C15H19BrN2O3. The van der Waals surface area contributed by atoms with E-state index in [0.717, 1.165) is 26.6 Å². The largest absolute Gasteiger partial charge is 0.496 e. The van der Waals surface area contributed by atoms with Gasteiger partial charge in [-0.2, -0.15) is 0 Å². The Hall–Kier alpha value is -1.53. The van der Waals surface area contributed by atoms with Gasteiger partial charge in [-0.05, 0) is 47.7 Å². The van der Waals surface area contributed by atoms with Gasteiger partial charge in [0.05, 0.1) is 18.0 Å². The third-order valence-corrected chi connectivity index (χ3v) is 4.12. The fourth-order valence-corrected chi connectivity index (χ4v) is 3.06. The van der Waals surface area contributed by atoms with Crippen LogP contribution >= 0.6 is 15.9 Å². The molecule has 0 aliphatic carbocycles. The number of halogens is 1. The van der Waals surface area contributed by atoms with Crippen LogP contribution < -0.4 is 4.74 Å². The summed E-state index contributed by atoms with van der Waals surface area (Å²) in [6, 6.07) is 3.87. The summed E-state index contributed by atoms with van der Waals surface area (Å²) in [6.45, 7) is 0.688. The van der Waals surface area contributed by atoms with E-state index in [-0.39, 0.29) is 6.42 Å². The highest BCUT2D eigenvalue weighted by molar-refractivity contribution is 9.10. The maximum Gasteiger partial charge on any atom is 0.307 e. The number of benzene rings is 1. The van der Waals surface area contributed by atoms with Crippen molar-refractivity contribution in [2.45, 2.75) is 13.0 Å². The smallest absolute Gasteiger partial charge is 0.307 e. The van der Waals surface area contributed by atoms with Crippen LogP contribution in [0.1, 0.15) is 11.3 Å². The molecule has 114 valence electrons. The maximum absolute atomic E-state index is 11.2. The molecule has 0 unspecified atom stereocenters. The lowest BCUT2D eigenvalue weighted by Gasteiger charge is -2.12. The Balaban J connectivity index is 2.74. The van der Waals surface area contributed by atoms with Crippen LogP contribution in [0.25, 0.3) is 10.9 Å². The maximum atomic E-state index is 11.2. The molecule has 0 fully saturated rings. The summed E-state index contributed by atoms with van der Waals surface area (Å²) < 4.78 is 8.24. The van der Waals surface area contributed by atoms with Crippen molar-refractivity contribution in [2.75, 3.05) is 21.2 Å². The number of carbonyl (C=O) groups is 1. The number of hydrogen-bond acceptors (Lipinski definition) is 3. The van der Waals surface area contributed by atoms with E-state index in [0.29, 0.717) is 12.3 Å². The quantitative estimate of drug-likeness (QED) is 0.896. The van der Waals surface area contributed by atoms with Crippen molar-refractivity contribution in [1.29, 1.82) is 0 Å². The Morgan fingerprint density at radius 1 is 1.43 bits per heavy atom. The highest BCUT2D eigenvalue weighted by atomic mass is 79.9. The molecular weight excluding hydrogens is 336 g/mol. The Morgan fingerprint density at radius 3 is 2.62 bits per heavy atom. The zero-order chi connectivity index (χ0) is 15.7. The van der Waals surface area contributed by atoms with Gasteiger partial charge >= 0.3 is 5.97 Å². The molecule has 0 spiro atoms. The third kappa shape index (κ3) is 3.06. The second kappa shape index (κ2) is 6.07. The second-order valence-corrected chi connectivity index (χ2v) is 6.15. The van der Waals surface area contributed by atoms with Gasteiger partial charge < -0.3 is 19.3 Å². The average molecular weight is 355 g/mol. The first kappa shape index (κ1) is 15.9. The molecule has 6 heteroatoms. The molecule has 1 N–H and O–H groups in total. The van der Waals surface area contributed by atoms with Crippen LogP contribution in [0, 0.1) is 0 Å². The molecule has 0 radical (unpaired) electrons. The number of fused-ring (bicyclic) bond motifs is 1. The highest BCUT2D eigenvalue weighted by Gasteiger charge is 2.19. The summed E-state index contributed by atoms with van der Waals surface area (Å²) in [5.74, 6) is -0.125. The molecule has 21 heavy (non-hydrogen) atoms. The number of ether oxygens (including phenoxy) is 1. The van der Waals surface area contributed by atoms with Crippen molar-refractivity contribution in [1.82, 2.24) is 9.47 Å². The molecule has 0 bridgehead atoms. The lowest BCUT2D eigenvalue weighted by atomic mass is 10.1. The number of rotatable bonds is 5. The molecule has 0 saturated heterocycles. The summed E-state index contributed by atoms with van der Waals surface area (Å²) in [5.41, 5.74) is 2.85. The zero-order valence-electron chi connectivity index (χ0n) is 12.6. The van der Waals surface area contributed by atoms with Gasteiger partial charge in [0.25, 0.3) is 0 Å². The molecule has 0 saturated carbocycles. The molecule has 1 aromatic heterocycles. The molecule has 0 aliphatic heterocycles. The van der Waals surface area contributed by atoms with Crippen LogP contribution in [0.5, 0.6) is 5.75 Å². The van der Waals surface area contributed by atoms with Crippen LogP contribution in [0.4, 0.5) is 0 Å². The minimum atomic E-state index is -0.829. The lowest BCUT2D eigenvalue weighted by molar-refractivity contribution is -0.136. The van der Waals surface area contributed by atoms with E-state index < -0.39 is 5.97 Å².